The maximum absolute atomic E-state index is 12.8. The minimum atomic E-state index is -1.26. The van der Waals surface area contributed by atoms with Crippen LogP contribution in [0.2, 0.25) is 0 Å². The lowest BCUT2D eigenvalue weighted by Crippen LogP contribution is -2.55. The number of rotatable bonds is 14. The number of hydrogen-bond acceptors (Lipinski definition) is 6. The molecule has 0 saturated heterocycles. The summed E-state index contributed by atoms with van der Waals surface area (Å²) in [6.45, 7) is 0.187. The van der Waals surface area contributed by atoms with Crippen LogP contribution in [0, 0.1) is 0 Å². The zero-order valence-corrected chi connectivity index (χ0v) is 19.2. The number of benzene rings is 1. The molecule has 1 heterocycles. The molecule has 35 heavy (non-hydrogen) atoms. The SMILES string of the molecule is NC(=O)CCC(NC(=O)C(N)Cc1c[nH]c2ccccc12)C(=O)NC(CCCN=C(N)N)C(=O)O. The maximum Gasteiger partial charge on any atom is 0.326 e. The molecular weight excluding hydrogens is 456 g/mol. The standard InChI is InChI=1S/C22H32N8O5/c23-14(10-12-11-28-15-5-2-1-4-13(12)15)19(32)29-16(7-8-18(24)31)20(33)30-17(21(34)35)6-3-9-27-22(25)26/h1-2,4-5,11,14,16-17,28H,3,6-10,23H2,(H2,24,31)(H,29,32)(H,30,33)(H,34,35)(H4,25,26,27). The number of fused-ring (bicyclic) bond motifs is 1. The van der Waals surface area contributed by atoms with Crippen molar-refractivity contribution in [3.05, 3.63) is 36.0 Å². The number of aromatic nitrogens is 1. The number of aliphatic imine (C=N–C) groups is 1. The summed E-state index contributed by atoms with van der Waals surface area (Å²) in [7, 11) is 0. The predicted molar refractivity (Wildman–Crippen MR) is 130 cm³/mol. The smallest absolute Gasteiger partial charge is 0.326 e. The van der Waals surface area contributed by atoms with E-state index in [4.69, 9.17) is 22.9 Å². The van der Waals surface area contributed by atoms with Crippen molar-refractivity contribution in [3.8, 4) is 0 Å². The number of primary amides is 1. The van der Waals surface area contributed by atoms with Gasteiger partial charge in [-0.1, -0.05) is 18.2 Å². The van der Waals surface area contributed by atoms with Gasteiger partial charge in [0.05, 0.1) is 6.04 Å². The molecular formula is C22H32N8O5. The second kappa shape index (κ2) is 12.9. The Labute approximate surface area is 201 Å². The average molecular weight is 489 g/mol. The quantitative estimate of drug-likeness (QED) is 0.0872. The van der Waals surface area contributed by atoms with E-state index in [1.54, 1.807) is 6.20 Å². The van der Waals surface area contributed by atoms with Gasteiger partial charge in [-0.05, 0) is 37.3 Å². The molecule has 0 aliphatic heterocycles. The van der Waals surface area contributed by atoms with E-state index in [0.717, 1.165) is 16.5 Å². The summed E-state index contributed by atoms with van der Waals surface area (Å²) in [5.41, 5.74) is 23.5. The number of nitrogens with zero attached hydrogens (tertiary/aromatic N) is 1. The van der Waals surface area contributed by atoms with E-state index < -0.39 is 41.8 Å². The Hall–Kier alpha value is -4.13. The van der Waals surface area contributed by atoms with Crippen LogP contribution in [0.5, 0.6) is 0 Å². The minimum Gasteiger partial charge on any atom is -0.480 e. The summed E-state index contributed by atoms with van der Waals surface area (Å²) < 4.78 is 0. The summed E-state index contributed by atoms with van der Waals surface area (Å²) >= 11 is 0. The van der Waals surface area contributed by atoms with Crippen molar-refractivity contribution >= 4 is 40.6 Å². The summed E-state index contributed by atoms with van der Waals surface area (Å²) in [5, 5.41) is 15.3. The molecule has 1 aromatic heterocycles. The molecule has 0 spiro atoms. The van der Waals surface area contributed by atoms with Crippen molar-refractivity contribution in [2.24, 2.45) is 27.9 Å². The van der Waals surface area contributed by atoms with Crippen LogP contribution in [0.25, 0.3) is 10.9 Å². The molecule has 0 aliphatic carbocycles. The Morgan fingerprint density at radius 3 is 2.34 bits per heavy atom. The molecule has 1 aromatic carbocycles. The van der Waals surface area contributed by atoms with Crippen LogP contribution in [-0.4, -0.2) is 64.4 Å². The molecule has 3 unspecified atom stereocenters. The highest BCUT2D eigenvalue weighted by Gasteiger charge is 2.28. The lowest BCUT2D eigenvalue weighted by atomic mass is 10.0. The molecule has 2 aromatic rings. The van der Waals surface area contributed by atoms with Crippen LogP contribution in [0.3, 0.4) is 0 Å². The number of guanidine groups is 1. The average Bonchev–Trinajstić information content (AvgIpc) is 3.20. The number of nitrogens with one attached hydrogen (secondary N) is 3. The maximum atomic E-state index is 12.8. The van der Waals surface area contributed by atoms with Crippen molar-refractivity contribution in [2.45, 2.75) is 50.2 Å². The van der Waals surface area contributed by atoms with E-state index in [-0.39, 0.29) is 38.2 Å². The Balaban J connectivity index is 2.04. The number of carbonyl (C=O) groups excluding carboxylic acids is 3. The minimum absolute atomic E-state index is 0.0500. The molecule has 13 nitrogen and oxygen atoms in total. The molecule has 2 rings (SSSR count). The van der Waals surface area contributed by atoms with Gasteiger partial charge in [0.15, 0.2) is 5.96 Å². The van der Waals surface area contributed by atoms with Crippen molar-refractivity contribution in [3.63, 3.8) is 0 Å². The van der Waals surface area contributed by atoms with Gasteiger partial charge in [-0.2, -0.15) is 0 Å². The second-order valence-electron chi connectivity index (χ2n) is 8.08. The van der Waals surface area contributed by atoms with Crippen LogP contribution in [-0.2, 0) is 25.6 Å². The number of nitrogens with two attached hydrogens (primary N) is 4. The topological polar surface area (TPSA) is 245 Å². The third-order valence-corrected chi connectivity index (χ3v) is 5.32. The third kappa shape index (κ3) is 8.62. The van der Waals surface area contributed by atoms with E-state index >= 15 is 0 Å². The molecule has 3 amide bonds. The number of carboxylic acid groups (broad SMARTS) is 1. The number of aromatic amines is 1. The van der Waals surface area contributed by atoms with Gasteiger partial charge in [0, 0.05) is 30.1 Å². The summed E-state index contributed by atoms with van der Waals surface area (Å²) in [6, 6.07) is 4.09. The zero-order valence-electron chi connectivity index (χ0n) is 19.2. The van der Waals surface area contributed by atoms with Crippen LogP contribution in [0.15, 0.2) is 35.5 Å². The number of carboxylic acids is 1. The molecule has 3 atom stereocenters. The van der Waals surface area contributed by atoms with Gasteiger partial charge in [-0.3, -0.25) is 19.4 Å². The second-order valence-corrected chi connectivity index (χ2v) is 8.08. The number of amides is 3. The molecule has 0 fully saturated rings. The highest BCUT2D eigenvalue weighted by atomic mass is 16.4. The first-order valence-corrected chi connectivity index (χ1v) is 11.1. The van der Waals surface area contributed by atoms with E-state index in [1.807, 2.05) is 24.3 Å². The van der Waals surface area contributed by atoms with Gasteiger partial charge >= 0.3 is 5.97 Å². The zero-order chi connectivity index (χ0) is 26.0. The number of para-hydroxylation sites is 1. The van der Waals surface area contributed by atoms with Crippen LogP contribution in [0.4, 0.5) is 0 Å². The van der Waals surface area contributed by atoms with E-state index in [2.05, 4.69) is 20.6 Å². The van der Waals surface area contributed by atoms with E-state index in [9.17, 15) is 24.3 Å². The molecule has 0 saturated carbocycles. The first-order chi connectivity index (χ1) is 16.6. The van der Waals surface area contributed by atoms with Crippen LogP contribution < -0.4 is 33.6 Å². The van der Waals surface area contributed by atoms with Crippen molar-refractivity contribution < 1.29 is 24.3 Å². The molecule has 0 radical (unpaired) electrons. The van der Waals surface area contributed by atoms with Gasteiger partial charge in [0.1, 0.15) is 12.1 Å². The first-order valence-electron chi connectivity index (χ1n) is 11.1. The Kier molecular flexibility index (Phi) is 10.0. The third-order valence-electron chi connectivity index (χ3n) is 5.32. The lowest BCUT2D eigenvalue weighted by Gasteiger charge is -2.22. The number of carbonyl (C=O) groups is 4. The molecule has 0 bridgehead atoms. The Morgan fingerprint density at radius 2 is 1.69 bits per heavy atom. The van der Waals surface area contributed by atoms with Crippen molar-refractivity contribution in [1.82, 2.24) is 15.6 Å². The fourth-order valence-corrected chi connectivity index (χ4v) is 3.50. The van der Waals surface area contributed by atoms with Crippen LogP contribution >= 0.6 is 0 Å². The first kappa shape index (κ1) is 27.1. The fraction of sp³-hybridized carbons (Fsp3) is 0.409. The lowest BCUT2D eigenvalue weighted by molar-refractivity contribution is -0.142. The summed E-state index contributed by atoms with van der Waals surface area (Å²) in [5.74, 6) is -3.46. The Bertz CT molecular complexity index is 1080. The van der Waals surface area contributed by atoms with Gasteiger partial charge in [0.2, 0.25) is 17.7 Å². The van der Waals surface area contributed by atoms with Crippen LogP contribution in [0.1, 0.15) is 31.2 Å². The molecule has 190 valence electrons. The number of aliphatic carboxylic acids is 1. The fourth-order valence-electron chi connectivity index (χ4n) is 3.50. The van der Waals surface area contributed by atoms with Gasteiger partial charge < -0.3 is 43.7 Å². The highest BCUT2D eigenvalue weighted by molar-refractivity contribution is 5.92. The molecule has 0 aliphatic rings. The largest absolute Gasteiger partial charge is 0.480 e. The summed E-state index contributed by atoms with van der Waals surface area (Å²) in [6.07, 6.45) is 1.99. The van der Waals surface area contributed by atoms with Gasteiger partial charge in [0.25, 0.3) is 0 Å². The normalized spacial score (nSPS) is 13.4. The van der Waals surface area contributed by atoms with E-state index in [0.29, 0.717) is 6.42 Å². The van der Waals surface area contributed by atoms with Gasteiger partial charge in [-0.15, -0.1) is 0 Å². The van der Waals surface area contributed by atoms with Crippen molar-refractivity contribution in [1.29, 1.82) is 0 Å². The molecule has 13 heteroatoms. The Morgan fingerprint density at radius 1 is 1.00 bits per heavy atom. The number of hydrogen-bond donors (Lipinski definition) is 8. The number of H-pyrrole nitrogens is 1. The monoisotopic (exact) mass is 488 g/mol. The highest BCUT2D eigenvalue weighted by Crippen LogP contribution is 2.18. The summed E-state index contributed by atoms with van der Waals surface area (Å²) in [4.78, 5) is 55.3. The van der Waals surface area contributed by atoms with E-state index in [1.165, 1.54) is 0 Å². The predicted octanol–water partition coefficient (Wildman–Crippen LogP) is -1.59. The van der Waals surface area contributed by atoms with Gasteiger partial charge in [-0.25, -0.2) is 4.79 Å². The molecule has 12 N–H and O–H groups in total. The van der Waals surface area contributed by atoms with Crippen molar-refractivity contribution in [2.75, 3.05) is 6.54 Å².